The van der Waals surface area contributed by atoms with Gasteiger partial charge in [-0.1, -0.05) is 12.1 Å². The lowest BCUT2D eigenvalue weighted by Crippen LogP contribution is -2.21. The van der Waals surface area contributed by atoms with Gasteiger partial charge < -0.3 is 10.6 Å². The number of carbonyl (C=O) groups excluding carboxylic acids is 1. The molecule has 3 nitrogen and oxygen atoms in total. The van der Waals surface area contributed by atoms with E-state index < -0.39 is 0 Å². The Labute approximate surface area is 103 Å². The number of benzene rings is 1. The fourth-order valence-electron chi connectivity index (χ4n) is 1.69. The molecule has 0 aliphatic carbocycles. The van der Waals surface area contributed by atoms with Crippen molar-refractivity contribution >= 4 is 17.7 Å². The van der Waals surface area contributed by atoms with Crippen LogP contribution in [-0.4, -0.2) is 19.0 Å². The molecule has 92 valence electrons. The van der Waals surface area contributed by atoms with Crippen LogP contribution in [0.3, 0.4) is 0 Å². The largest absolute Gasteiger partial charge is 0.372 e. The maximum atomic E-state index is 10.9. The van der Waals surface area contributed by atoms with E-state index in [0.29, 0.717) is 5.57 Å². The first-order valence-electron chi connectivity index (χ1n) is 5.91. The Morgan fingerprint density at radius 2 is 1.76 bits per heavy atom. The Balaban J connectivity index is 2.88. The van der Waals surface area contributed by atoms with Crippen LogP contribution in [-0.2, 0) is 4.79 Å². The summed E-state index contributed by atoms with van der Waals surface area (Å²) in [6.45, 7) is 7.97. The summed E-state index contributed by atoms with van der Waals surface area (Å²) in [7, 11) is 0. The number of carbonyl (C=O) groups is 1. The molecular weight excluding hydrogens is 212 g/mol. The Hall–Kier alpha value is -1.77. The number of hydrogen-bond donors (Lipinski definition) is 1. The van der Waals surface area contributed by atoms with Crippen LogP contribution in [0.15, 0.2) is 29.8 Å². The van der Waals surface area contributed by atoms with Crippen molar-refractivity contribution < 1.29 is 4.79 Å². The van der Waals surface area contributed by atoms with Crippen LogP contribution >= 0.6 is 0 Å². The number of rotatable bonds is 5. The minimum atomic E-state index is -0.377. The van der Waals surface area contributed by atoms with Gasteiger partial charge >= 0.3 is 0 Å². The van der Waals surface area contributed by atoms with Gasteiger partial charge in [0.15, 0.2) is 0 Å². The van der Waals surface area contributed by atoms with Gasteiger partial charge in [0, 0.05) is 24.4 Å². The summed E-state index contributed by atoms with van der Waals surface area (Å²) < 4.78 is 0. The molecule has 0 saturated heterocycles. The lowest BCUT2D eigenvalue weighted by Gasteiger charge is -2.20. The molecule has 0 bridgehead atoms. The van der Waals surface area contributed by atoms with Crippen molar-refractivity contribution in [3.05, 3.63) is 35.4 Å². The Morgan fingerprint density at radius 1 is 1.24 bits per heavy atom. The second-order valence-electron chi connectivity index (χ2n) is 3.96. The second-order valence-corrected chi connectivity index (χ2v) is 3.96. The third-order valence-electron chi connectivity index (χ3n) is 2.79. The third-order valence-corrected chi connectivity index (χ3v) is 2.79. The molecule has 0 aliphatic heterocycles. The van der Waals surface area contributed by atoms with Crippen molar-refractivity contribution in [1.82, 2.24) is 0 Å². The predicted molar refractivity (Wildman–Crippen MR) is 72.8 cm³/mol. The van der Waals surface area contributed by atoms with Crippen LogP contribution in [0.5, 0.6) is 0 Å². The number of amides is 1. The number of nitrogens with zero attached hydrogens (tertiary/aromatic N) is 1. The molecule has 0 heterocycles. The molecule has 0 radical (unpaired) electrons. The quantitative estimate of drug-likeness (QED) is 0.792. The molecule has 1 aromatic carbocycles. The van der Waals surface area contributed by atoms with Crippen LogP contribution in [0.1, 0.15) is 26.3 Å². The van der Waals surface area contributed by atoms with Gasteiger partial charge in [0.2, 0.25) is 5.91 Å². The van der Waals surface area contributed by atoms with E-state index >= 15 is 0 Å². The highest BCUT2D eigenvalue weighted by Gasteiger charge is 2.01. The molecule has 2 N–H and O–H groups in total. The standard InChI is InChI=1S/C14H20N2O/c1-4-16(5-2)13-8-6-12(7-9-13)10-11(3)14(15)17/h6-10H,4-5H2,1-3H3,(H2,15,17). The molecule has 1 aromatic rings. The van der Waals surface area contributed by atoms with E-state index in [4.69, 9.17) is 5.73 Å². The SMILES string of the molecule is CCN(CC)c1ccc(C=C(C)C(N)=O)cc1. The molecule has 0 atom stereocenters. The first-order chi connectivity index (χ1) is 8.08. The summed E-state index contributed by atoms with van der Waals surface area (Å²) in [4.78, 5) is 13.2. The van der Waals surface area contributed by atoms with Gasteiger partial charge in [0.25, 0.3) is 0 Å². The molecule has 0 aliphatic rings. The minimum absolute atomic E-state index is 0.377. The van der Waals surface area contributed by atoms with E-state index in [1.165, 1.54) is 5.69 Å². The summed E-state index contributed by atoms with van der Waals surface area (Å²) in [5, 5.41) is 0. The predicted octanol–water partition coefficient (Wildman–Crippen LogP) is 2.42. The molecule has 0 saturated carbocycles. The fourth-order valence-corrected chi connectivity index (χ4v) is 1.69. The van der Waals surface area contributed by atoms with E-state index in [2.05, 4.69) is 30.9 Å². The zero-order chi connectivity index (χ0) is 12.8. The molecule has 17 heavy (non-hydrogen) atoms. The van der Waals surface area contributed by atoms with Crippen molar-refractivity contribution in [1.29, 1.82) is 0 Å². The maximum Gasteiger partial charge on any atom is 0.244 e. The summed E-state index contributed by atoms with van der Waals surface area (Å²) in [6.07, 6.45) is 1.80. The van der Waals surface area contributed by atoms with Gasteiger partial charge in [-0.3, -0.25) is 4.79 Å². The van der Waals surface area contributed by atoms with Crippen molar-refractivity contribution in [3.63, 3.8) is 0 Å². The number of hydrogen-bond acceptors (Lipinski definition) is 2. The Bertz CT molecular complexity index is 403. The normalized spacial score (nSPS) is 11.4. The van der Waals surface area contributed by atoms with Gasteiger partial charge in [0.1, 0.15) is 0 Å². The van der Waals surface area contributed by atoms with E-state index in [0.717, 1.165) is 18.7 Å². The Kier molecular flexibility index (Phi) is 4.76. The van der Waals surface area contributed by atoms with Gasteiger partial charge in [-0.05, 0) is 44.5 Å². The van der Waals surface area contributed by atoms with E-state index in [-0.39, 0.29) is 5.91 Å². The summed E-state index contributed by atoms with van der Waals surface area (Å²) in [6, 6.07) is 8.13. The molecule has 0 aromatic heterocycles. The maximum absolute atomic E-state index is 10.9. The average molecular weight is 232 g/mol. The van der Waals surface area contributed by atoms with E-state index in [9.17, 15) is 4.79 Å². The van der Waals surface area contributed by atoms with Crippen molar-refractivity contribution in [2.45, 2.75) is 20.8 Å². The van der Waals surface area contributed by atoms with Gasteiger partial charge in [-0.25, -0.2) is 0 Å². The van der Waals surface area contributed by atoms with Crippen molar-refractivity contribution in [3.8, 4) is 0 Å². The van der Waals surface area contributed by atoms with Gasteiger partial charge in [-0.15, -0.1) is 0 Å². The van der Waals surface area contributed by atoms with Crippen LogP contribution in [0.4, 0.5) is 5.69 Å². The summed E-state index contributed by atoms with van der Waals surface area (Å²) >= 11 is 0. The topological polar surface area (TPSA) is 46.3 Å². The molecule has 0 unspecified atom stereocenters. The van der Waals surface area contributed by atoms with Crippen LogP contribution < -0.4 is 10.6 Å². The number of anilines is 1. The monoisotopic (exact) mass is 232 g/mol. The lowest BCUT2D eigenvalue weighted by atomic mass is 10.1. The molecule has 1 amide bonds. The van der Waals surface area contributed by atoms with Crippen molar-refractivity contribution in [2.75, 3.05) is 18.0 Å². The molecular formula is C14H20N2O. The Morgan fingerprint density at radius 3 is 2.18 bits per heavy atom. The molecule has 0 fully saturated rings. The second kappa shape index (κ2) is 6.09. The fraction of sp³-hybridized carbons (Fsp3) is 0.357. The average Bonchev–Trinajstić information content (AvgIpc) is 2.32. The van der Waals surface area contributed by atoms with Crippen LogP contribution in [0, 0.1) is 0 Å². The van der Waals surface area contributed by atoms with Crippen LogP contribution in [0.25, 0.3) is 6.08 Å². The highest BCUT2D eigenvalue weighted by atomic mass is 16.1. The lowest BCUT2D eigenvalue weighted by molar-refractivity contribution is -0.114. The highest BCUT2D eigenvalue weighted by Crippen LogP contribution is 2.16. The first kappa shape index (κ1) is 13.3. The molecule has 1 rings (SSSR count). The van der Waals surface area contributed by atoms with E-state index in [1.54, 1.807) is 13.0 Å². The highest BCUT2D eigenvalue weighted by molar-refractivity contribution is 5.95. The van der Waals surface area contributed by atoms with Gasteiger partial charge in [0.05, 0.1) is 0 Å². The van der Waals surface area contributed by atoms with E-state index in [1.807, 2.05) is 12.1 Å². The molecule has 0 spiro atoms. The first-order valence-corrected chi connectivity index (χ1v) is 5.91. The van der Waals surface area contributed by atoms with Crippen LogP contribution in [0.2, 0.25) is 0 Å². The summed E-state index contributed by atoms with van der Waals surface area (Å²) in [5.74, 6) is -0.377. The molecule has 3 heteroatoms. The van der Waals surface area contributed by atoms with Gasteiger partial charge in [-0.2, -0.15) is 0 Å². The minimum Gasteiger partial charge on any atom is -0.372 e. The number of primary amides is 1. The zero-order valence-electron chi connectivity index (χ0n) is 10.7. The zero-order valence-corrected chi connectivity index (χ0v) is 10.7. The smallest absolute Gasteiger partial charge is 0.244 e. The third kappa shape index (κ3) is 3.63. The number of nitrogens with two attached hydrogens (primary N) is 1. The summed E-state index contributed by atoms with van der Waals surface area (Å²) in [5.41, 5.74) is 7.95. The van der Waals surface area contributed by atoms with Crippen molar-refractivity contribution in [2.24, 2.45) is 5.73 Å².